The molecule has 0 atom stereocenters. The number of thioether (sulfide) groups is 1. The van der Waals surface area contributed by atoms with Gasteiger partial charge in [-0.2, -0.15) is 0 Å². The normalized spacial score (nSPS) is 11.1. The lowest BCUT2D eigenvalue weighted by Crippen LogP contribution is -2.15. The minimum atomic E-state index is -0.475. The van der Waals surface area contributed by atoms with Crippen molar-refractivity contribution in [3.05, 3.63) is 63.2 Å². The zero-order chi connectivity index (χ0) is 22.1. The molecule has 0 fully saturated rings. The number of fused-ring (bicyclic) bond motifs is 1. The molecule has 11 heteroatoms. The highest BCUT2D eigenvalue weighted by atomic mass is 35.5. The number of halogens is 1. The molecule has 2 heterocycles. The summed E-state index contributed by atoms with van der Waals surface area (Å²) in [7, 11) is 1.79. The van der Waals surface area contributed by atoms with E-state index in [2.05, 4.69) is 15.5 Å². The molecular weight excluding hydrogens is 442 g/mol. The highest BCUT2D eigenvalue weighted by Crippen LogP contribution is 2.30. The van der Waals surface area contributed by atoms with Crippen LogP contribution in [0, 0.1) is 17.0 Å². The molecule has 0 aliphatic rings. The molecule has 9 nitrogen and oxygen atoms in total. The van der Waals surface area contributed by atoms with Gasteiger partial charge in [0.1, 0.15) is 5.58 Å². The fraction of sp³-hybridized carbons (Fsp3) is 0.150. The van der Waals surface area contributed by atoms with Crippen molar-refractivity contribution in [2.24, 2.45) is 7.05 Å². The van der Waals surface area contributed by atoms with E-state index < -0.39 is 4.92 Å². The number of carbonyl (C=O) groups is 1. The molecule has 1 N–H and O–H groups in total. The molecule has 0 aliphatic carbocycles. The van der Waals surface area contributed by atoms with Gasteiger partial charge in [-0.3, -0.25) is 14.9 Å². The molecule has 0 saturated heterocycles. The van der Waals surface area contributed by atoms with Crippen molar-refractivity contribution in [1.29, 1.82) is 0 Å². The second-order valence-electron chi connectivity index (χ2n) is 6.75. The largest absolute Gasteiger partial charge is 0.453 e. The van der Waals surface area contributed by atoms with Gasteiger partial charge in [0.25, 0.3) is 5.69 Å². The summed E-state index contributed by atoms with van der Waals surface area (Å²) in [6.07, 6.45) is 0. The number of furan rings is 1. The van der Waals surface area contributed by atoms with Crippen molar-refractivity contribution in [3.8, 4) is 11.6 Å². The number of aromatic nitrogens is 3. The Labute approximate surface area is 185 Å². The van der Waals surface area contributed by atoms with E-state index in [1.807, 2.05) is 6.07 Å². The van der Waals surface area contributed by atoms with Gasteiger partial charge >= 0.3 is 0 Å². The van der Waals surface area contributed by atoms with Gasteiger partial charge in [0.15, 0.2) is 16.7 Å². The highest BCUT2D eigenvalue weighted by Gasteiger charge is 2.17. The van der Waals surface area contributed by atoms with E-state index in [1.165, 1.54) is 30.0 Å². The zero-order valence-corrected chi connectivity index (χ0v) is 18.0. The third-order valence-corrected chi connectivity index (χ3v) is 5.82. The molecule has 0 aliphatic heterocycles. The molecule has 158 valence electrons. The Morgan fingerprint density at radius 3 is 2.81 bits per heavy atom. The quantitative estimate of drug-likeness (QED) is 0.250. The van der Waals surface area contributed by atoms with Gasteiger partial charge in [-0.25, -0.2) is 0 Å². The van der Waals surface area contributed by atoms with Gasteiger partial charge in [-0.1, -0.05) is 23.4 Å². The smallest absolute Gasteiger partial charge is 0.269 e. The number of rotatable bonds is 6. The van der Waals surface area contributed by atoms with E-state index in [0.29, 0.717) is 38.6 Å². The molecule has 0 radical (unpaired) electrons. The minimum Gasteiger partial charge on any atom is -0.453 e. The third-order valence-electron chi connectivity index (χ3n) is 4.56. The number of nitro benzene ring substituents is 1. The summed E-state index contributed by atoms with van der Waals surface area (Å²) in [5.74, 6) is 0.911. The minimum absolute atomic E-state index is 0.0238. The molecule has 4 rings (SSSR count). The Morgan fingerprint density at radius 2 is 2.06 bits per heavy atom. The Bertz CT molecular complexity index is 1320. The summed E-state index contributed by atoms with van der Waals surface area (Å²) in [5.41, 5.74) is 1.80. The van der Waals surface area contributed by atoms with Crippen LogP contribution in [0.3, 0.4) is 0 Å². The van der Waals surface area contributed by atoms with Crippen molar-refractivity contribution in [1.82, 2.24) is 14.8 Å². The fourth-order valence-corrected chi connectivity index (χ4v) is 3.89. The van der Waals surface area contributed by atoms with Gasteiger partial charge in [-0.15, -0.1) is 10.2 Å². The van der Waals surface area contributed by atoms with Gasteiger partial charge < -0.3 is 14.3 Å². The summed E-state index contributed by atoms with van der Waals surface area (Å²) >= 11 is 7.24. The van der Waals surface area contributed by atoms with Crippen molar-refractivity contribution < 1.29 is 14.1 Å². The number of benzene rings is 2. The first-order valence-electron chi connectivity index (χ1n) is 9.08. The lowest BCUT2D eigenvalue weighted by atomic mass is 10.2. The standard InChI is InChI=1S/C20H16ClN5O4S/c1-11-7-14(26(28)29)4-5-15(11)22-18(27)10-31-20-24-23-19(25(20)2)17-9-12-8-13(21)3-6-16(12)30-17/h3-9H,10H2,1-2H3,(H,22,27). The number of nitrogens with zero attached hydrogens (tertiary/aromatic N) is 4. The van der Waals surface area contributed by atoms with Crippen LogP contribution in [0.5, 0.6) is 0 Å². The maximum Gasteiger partial charge on any atom is 0.269 e. The van der Waals surface area contributed by atoms with Crippen LogP contribution >= 0.6 is 23.4 Å². The van der Waals surface area contributed by atoms with Crippen LogP contribution in [0.4, 0.5) is 11.4 Å². The lowest BCUT2D eigenvalue weighted by molar-refractivity contribution is -0.384. The van der Waals surface area contributed by atoms with Gasteiger partial charge in [-0.05, 0) is 42.8 Å². The number of nitrogens with one attached hydrogen (secondary N) is 1. The van der Waals surface area contributed by atoms with Gasteiger partial charge in [0.2, 0.25) is 5.91 Å². The van der Waals surface area contributed by atoms with Crippen LogP contribution in [0.25, 0.3) is 22.6 Å². The number of non-ortho nitro benzene ring substituents is 1. The van der Waals surface area contributed by atoms with E-state index in [1.54, 1.807) is 36.7 Å². The first kappa shape index (κ1) is 20.9. The Balaban J connectivity index is 1.44. The Morgan fingerprint density at radius 1 is 1.26 bits per heavy atom. The maximum atomic E-state index is 12.3. The van der Waals surface area contributed by atoms with E-state index in [9.17, 15) is 14.9 Å². The van der Waals surface area contributed by atoms with Gasteiger partial charge in [0.05, 0.1) is 10.7 Å². The SMILES string of the molecule is Cc1cc([N+](=O)[O-])ccc1NC(=O)CSc1nnc(-c2cc3cc(Cl)ccc3o2)n1C. The predicted octanol–water partition coefficient (Wildman–Crippen LogP) is 4.83. The number of amides is 1. The molecule has 0 unspecified atom stereocenters. The summed E-state index contributed by atoms with van der Waals surface area (Å²) in [6, 6.07) is 11.5. The van der Waals surface area contributed by atoms with Crippen molar-refractivity contribution in [2.75, 3.05) is 11.1 Å². The zero-order valence-electron chi connectivity index (χ0n) is 16.5. The van der Waals surface area contributed by atoms with E-state index >= 15 is 0 Å². The Kier molecular flexibility index (Phi) is 5.66. The molecule has 31 heavy (non-hydrogen) atoms. The van der Waals surface area contributed by atoms with Crippen molar-refractivity contribution in [3.63, 3.8) is 0 Å². The maximum absolute atomic E-state index is 12.3. The van der Waals surface area contributed by atoms with E-state index in [0.717, 1.165) is 5.39 Å². The predicted molar refractivity (Wildman–Crippen MR) is 118 cm³/mol. The highest BCUT2D eigenvalue weighted by molar-refractivity contribution is 7.99. The molecule has 0 saturated carbocycles. The van der Waals surface area contributed by atoms with Crippen molar-refractivity contribution in [2.45, 2.75) is 12.1 Å². The molecule has 4 aromatic rings. The van der Waals surface area contributed by atoms with E-state index in [-0.39, 0.29) is 17.3 Å². The van der Waals surface area contributed by atoms with Crippen LogP contribution in [0.15, 0.2) is 52.0 Å². The first-order chi connectivity index (χ1) is 14.8. The first-order valence-corrected chi connectivity index (χ1v) is 10.4. The number of nitro groups is 1. The summed E-state index contributed by atoms with van der Waals surface area (Å²) in [6.45, 7) is 1.70. The van der Waals surface area contributed by atoms with Crippen molar-refractivity contribution >= 4 is 51.6 Å². The lowest BCUT2D eigenvalue weighted by Gasteiger charge is -2.08. The fourth-order valence-electron chi connectivity index (χ4n) is 3.00. The number of hydrogen-bond acceptors (Lipinski definition) is 7. The average Bonchev–Trinajstić information content (AvgIpc) is 3.30. The summed E-state index contributed by atoms with van der Waals surface area (Å²) in [5, 5.41) is 23.9. The van der Waals surface area contributed by atoms with Crippen LogP contribution in [-0.2, 0) is 11.8 Å². The van der Waals surface area contributed by atoms with Gasteiger partial charge in [0, 0.05) is 35.3 Å². The molecule has 0 bridgehead atoms. The van der Waals surface area contributed by atoms with Crippen LogP contribution in [0.2, 0.25) is 5.02 Å². The number of hydrogen-bond donors (Lipinski definition) is 1. The molecule has 2 aromatic heterocycles. The second-order valence-corrected chi connectivity index (χ2v) is 8.13. The molecule has 2 aromatic carbocycles. The Hall–Kier alpha value is -3.37. The summed E-state index contributed by atoms with van der Waals surface area (Å²) in [4.78, 5) is 22.7. The van der Waals surface area contributed by atoms with Crippen LogP contribution in [-0.4, -0.2) is 31.3 Å². The average molecular weight is 458 g/mol. The summed E-state index contributed by atoms with van der Waals surface area (Å²) < 4.78 is 7.57. The molecule has 1 amide bonds. The topological polar surface area (TPSA) is 116 Å². The molecular formula is C20H16ClN5O4S. The second kappa shape index (κ2) is 8.40. The number of aryl methyl sites for hydroxylation is 1. The third kappa shape index (κ3) is 4.39. The van der Waals surface area contributed by atoms with Crippen LogP contribution < -0.4 is 5.32 Å². The van der Waals surface area contributed by atoms with Crippen LogP contribution in [0.1, 0.15) is 5.56 Å². The molecule has 0 spiro atoms. The van der Waals surface area contributed by atoms with E-state index in [4.69, 9.17) is 16.0 Å². The number of carbonyl (C=O) groups excluding carboxylic acids is 1. The monoisotopic (exact) mass is 457 g/mol. The number of anilines is 1.